The lowest BCUT2D eigenvalue weighted by molar-refractivity contribution is -0.115. The Hall–Kier alpha value is -2.38. The number of benzene rings is 2. The highest BCUT2D eigenvalue weighted by molar-refractivity contribution is 7.85. The topological polar surface area (TPSA) is 81.7 Å². The second-order valence-corrected chi connectivity index (χ2v) is 11.4. The van der Waals surface area contributed by atoms with Gasteiger partial charge in [-0.1, -0.05) is 102 Å². The van der Waals surface area contributed by atoms with Crippen molar-refractivity contribution in [2.45, 2.75) is 97.0 Å². The Bertz CT molecular complexity index is 1000. The van der Waals surface area contributed by atoms with Gasteiger partial charge in [-0.15, -0.1) is 0 Å². The Kier molecular flexibility index (Phi) is 15.0. The zero-order valence-electron chi connectivity index (χ0n) is 22.7. The highest BCUT2D eigenvalue weighted by Crippen LogP contribution is 2.16. The summed E-state index contributed by atoms with van der Waals surface area (Å²) in [6.45, 7) is 2.92. The van der Waals surface area contributed by atoms with Crippen molar-refractivity contribution in [1.29, 1.82) is 0 Å². The fraction of sp³-hybridized carbons (Fsp3) is 0.567. The summed E-state index contributed by atoms with van der Waals surface area (Å²) in [6.07, 6.45) is 17.1. The molecule has 0 saturated heterocycles. The van der Waals surface area contributed by atoms with Crippen LogP contribution < -0.4 is 10.1 Å². The number of anilines is 1. The largest absolute Gasteiger partial charge is 0.494 e. The zero-order chi connectivity index (χ0) is 26.8. The van der Waals surface area contributed by atoms with Crippen molar-refractivity contribution in [3.63, 3.8) is 0 Å². The number of carbonyl (C=O) groups excluding carboxylic acids is 1. The van der Waals surface area contributed by atoms with Gasteiger partial charge in [-0.25, -0.2) is 0 Å². The molecule has 206 valence electrons. The molecule has 2 rings (SSSR count). The minimum Gasteiger partial charge on any atom is -0.494 e. The highest BCUT2D eigenvalue weighted by atomic mass is 32.2. The molecule has 0 saturated carbocycles. The van der Waals surface area contributed by atoms with E-state index >= 15 is 0 Å². The maximum Gasteiger partial charge on any atom is 0.264 e. The first kappa shape index (κ1) is 30.8. The van der Waals surface area contributed by atoms with Crippen LogP contribution in [0.1, 0.15) is 95.1 Å². The van der Waals surface area contributed by atoms with Crippen molar-refractivity contribution in [2.75, 3.05) is 18.2 Å². The molecule has 2 aromatic carbocycles. The Morgan fingerprint density at radius 1 is 0.784 bits per heavy atom. The van der Waals surface area contributed by atoms with E-state index in [1.54, 1.807) is 24.3 Å². The predicted octanol–water partition coefficient (Wildman–Crippen LogP) is 7.42. The molecule has 0 aliphatic carbocycles. The summed E-state index contributed by atoms with van der Waals surface area (Å²) in [7, 11) is -3.52. The van der Waals surface area contributed by atoms with Gasteiger partial charge in [-0.05, 0) is 41.8 Å². The number of hydrogen-bond donors (Lipinski definition) is 1. The van der Waals surface area contributed by atoms with Gasteiger partial charge in [-0.3, -0.25) is 8.98 Å². The summed E-state index contributed by atoms with van der Waals surface area (Å²) in [5.41, 5.74) is 2.16. The Balaban J connectivity index is 1.57. The highest BCUT2D eigenvalue weighted by Gasteiger charge is 2.07. The van der Waals surface area contributed by atoms with E-state index in [-0.39, 0.29) is 18.9 Å². The molecule has 0 aliphatic heterocycles. The first-order valence-corrected chi connectivity index (χ1v) is 15.6. The molecule has 0 radical (unpaired) electrons. The van der Waals surface area contributed by atoms with Crippen LogP contribution in [0.15, 0.2) is 48.5 Å². The molecule has 1 N–H and O–H groups in total. The van der Waals surface area contributed by atoms with E-state index in [1.807, 2.05) is 24.3 Å². The van der Waals surface area contributed by atoms with Crippen molar-refractivity contribution in [3.8, 4) is 5.75 Å². The lowest BCUT2D eigenvalue weighted by Gasteiger charge is -2.09. The average molecular weight is 532 g/mol. The van der Waals surface area contributed by atoms with Crippen LogP contribution in [0.25, 0.3) is 0 Å². The van der Waals surface area contributed by atoms with Crippen molar-refractivity contribution in [3.05, 3.63) is 59.7 Å². The van der Waals surface area contributed by atoms with E-state index in [1.165, 1.54) is 70.6 Å². The molecule has 7 heteroatoms. The lowest BCUT2D eigenvalue weighted by atomic mass is 10.1. The fourth-order valence-electron chi connectivity index (χ4n) is 4.14. The van der Waals surface area contributed by atoms with Gasteiger partial charge in [0.25, 0.3) is 10.1 Å². The average Bonchev–Trinajstić information content (AvgIpc) is 2.86. The van der Waals surface area contributed by atoms with E-state index in [0.717, 1.165) is 30.6 Å². The minimum absolute atomic E-state index is 0.0662. The van der Waals surface area contributed by atoms with Gasteiger partial charge in [0.2, 0.25) is 5.91 Å². The summed E-state index contributed by atoms with van der Waals surface area (Å²) in [6, 6.07) is 14.6. The number of nitrogens with one attached hydrogen (secondary N) is 1. The van der Waals surface area contributed by atoms with Crippen LogP contribution in [0, 0.1) is 0 Å². The van der Waals surface area contributed by atoms with Crippen LogP contribution in [0.3, 0.4) is 0 Å². The number of unbranched alkanes of at least 4 members (excludes halogenated alkanes) is 11. The second kappa shape index (κ2) is 18.0. The molecule has 0 aromatic heterocycles. The monoisotopic (exact) mass is 531 g/mol. The first-order chi connectivity index (χ1) is 17.9. The SMILES string of the molecule is CCCCCCCCCCCCCCOc1ccc(CC(=O)Nc2cccc(COS(C)(=O)=O)c2)cc1. The first-order valence-electron chi connectivity index (χ1n) is 13.8. The molecule has 2 aromatic rings. The van der Waals surface area contributed by atoms with E-state index in [4.69, 9.17) is 8.92 Å². The minimum atomic E-state index is -3.52. The number of carbonyl (C=O) groups is 1. The van der Waals surface area contributed by atoms with Crippen molar-refractivity contribution in [1.82, 2.24) is 0 Å². The molecule has 1 amide bonds. The van der Waals surface area contributed by atoms with Crippen molar-refractivity contribution in [2.24, 2.45) is 0 Å². The molecule has 37 heavy (non-hydrogen) atoms. The van der Waals surface area contributed by atoms with Crippen molar-refractivity contribution >= 4 is 21.7 Å². The Labute approximate surface area is 224 Å². The smallest absolute Gasteiger partial charge is 0.264 e. The number of ether oxygens (including phenoxy) is 1. The molecule has 0 heterocycles. The summed E-state index contributed by atoms with van der Waals surface area (Å²) in [4.78, 5) is 12.4. The molecule has 0 aliphatic rings. The summed E-state index contributed by atoms with van der Waals surface area (Å²) in [5, 5.41) is 2.85. The Morgan fingerprint density at radius 3 is 1.97 bits per heavy atom. The van der Waals surface area contributed by atoms with E-state index in [0.29, 0.717) is 11.3 Å². The third-order valence-corrected chi connectivity index (χ3v) is 6.75. The Morgan fingerprint density at radius 2 is 1.38 bits per heavy atom. The lowest BCUT2D eigenvalue weighted by Crippen LogP contribution is -2.14. The molecule has 0 fully saturated rings. The van der Waals surface area contributed by atoms with E-state index < -0.39 is 10.1 Å². The van der Waals surface area contributed by atoms with Crippen LogP contribution in [0.5, 0.6) is 5.75 Å². The summed E-state index contributed by atoms with van der Waals surface area (Å²) in [5.74, 6) is 0.678. The van der Waals surface area contributed by atoms with Crippen molar-refractivity contribution < 1.29 is 22.1 Å². The fourth-order valence-corrected chi connectivity index (χ4v) is 4.49. The molecule has 6 nitrogen and oxygen atoms in total. The van der Waals surface area contributed by atoms with Crippen LogP contribution in [-0.2, 0) is 32.1 Å². The van der Waals surface area contributed by atoms with Gasteiger partial charge in [0, 0.05) is 5.69 Å². The van der Waals surface area contributed by atoms with E-state index in [2.05, 4.69) is 12.2 Å². The summed E-state index contributed by atoms with van der Waals surface area (Å²) >= 11 is 0. The van der Waals surface area contributed by atoms with Crippen LogP contribution >= 0.6 is 0 Å². The predicted molar refractivity (Wildman–Crippen MR) is 151 cm³/mol. The third-order valence-electron chi connectivity index (χ3n) is 6.21. The van der Waals surface area contributed by atoms with Gasteiger partial charge >= 0.3 is 0 Å². The van der Waals surface area contributed by atoms with Crippen LogP contribution in [0.2, 0.25) is 0 Å². The summed E-state index contributed by atoms with van der Waals surface area (Å²) < 4.78 is 33.0. The molecule has 0 unspecified atom stereocenters. The number of hydrogen-bond acceptors (Lipinski definition) is 5. The van der Waals surface area contributed by atoms with Gasteiger partial charge < -0.3 is 10.1 Å². The molecule has 0 atom stereocenters. The number of amides is 1. The molecule has 0 spiro atoms. The standard InChI is InChI=1S/C30H45NO5S/c1-3-4-5-6-7-8-9-10-11-12-13-14-22-35-29-20-18-26(19-21-29)24-30(32)31-28-17-15-16-27(23-28)25-36-37(2,33)34/h15-21,23H,3-14,22,24-25H2,1-2H3,(H,31,32). The molecular weight excluding hydrogens is 486 g/mol. The normalized spacial score (nSPS) is 11.4. The quantitative estimate of drug-likeness (QED) is 0.142. The molecular formula is C30H45NO5S. The molecule has 0 bridgehead atoms. The maximum atomic E-state index is 12.4. The third kappa shape index (κ3) is 15.5. The van der Waals surface area contributed by atoms with Gasteiger partial charge in [0.1, 0.15) is 5.75 Å². The van der Waals surface area contributed by atoms with Gasteiger partial charge in [-0.2, -0.15) is 8.42 Å². The maximum absolute atomic E-state index is 12.4. The van der Waals surface area contributed by atoms with Crippen LogP contribution in [-0.4, -0.2) is 27.2 Å². The van der Waals surface area contributed by atoms with Gasteiger partial charge in [0.15, 0.2) is 0 Å². The van der Waals surface area contributed by atoms with Crippen LogP contribution in [0.4, 0.5) is 5.69 Å². The van der Waals surface area contributed by atoms with E-state index in [9.17, 15) is 13.2 Å². The number of rotatable bonds is 20. The second-order valence-electron chi connectivity index (χ2n) is 9.77. The van der Waals surface area contributed by atoms with Gasteiger partial charge in [0.05, 0.1) is 25.9 Å². The zero-order valence-corrected chi connectivity index (χ0v) is 23.5.